The minimum absolute atomic E-state index is 0.330. The Hall–Kier alpha value is -3.54. The normalized spacial score (nSPS) is 10.2. The number of carbonyl (C=O) groups is 2. The number of esters is 1. The first-order chi connectivity index (χ1) is 13.2. The Kier molecular flexibility index (Phi) is 6.25. The van der Waals surface area contributed by atoms with Gasteiger partial charge in [-0.05, 0) is 48.5 Å². The van der Waals surface area contributed by atoms with Crippen molar-refractivity contribution >= 4 is 11.9 Å². The van der Waals surface area contributed by atoms with Gasteiger partial charge in [-0.3, -0.25) is 4.79 Å². The summed E-state index contributed by atoms with van der Waals surface area (Å²) < 4.78 is 12.4. The van der Waals surface area contributed by atoms with Crippen LogP contribution in [0.25, 0.3) is 5.69 Å². The number of hydrogen-bond acceptors (Lipinski definition) is 4. The Morgan fingerprint density at radius 1 is 0.889 bits per heavy atom. The number of carbonyl (C=O) groups excluding carboxylic acids is 2. The predicted octanol–water partition coefficient (Wildman–Crippen LogP) is 2.83. The van der Waals surface area contributed by atoms with Gasteiger partial charge in [0.05, 0.1) is 12.1 Å². The van der Waals surface area contributed by atoms with Crippen molar-refractivity contribution in [2.75, 3.05) is 19.8 Å². The maximum atomic E-state index is 12.0. The largest absolute Gasteiger partial charge is 0.492 e. The van der Waals surface area contributed by atoms with Gasteiger partial charge in [-0.15, -0.1) is 0 Å². The third kappa shape index (κ3) is 5.47. The number of para-hydroxylation sites is 1. The van der Waals surface area contributed by atoms with Crippen LogP contribution in [0.1, 0.15) is 10.4 Å². The molecular weight excluding hydrogens is 344 g/mol. The summed E-state index contributed by atoms with van der Waals surface area (Å²) in [5.41, 5.74) is 1.33. The van der Waals surface area contributed by atoms with Crippen molar-refractivity contribution < 1.29 is 19.1 Å². The number of aromatic nitrogens is 1. The van der Waals surface area contributed by atoms with Gasteiger partial charge in [-0.2, -0.15) is 0 Å². The second-order valence-electron chi connectivity index (χ2n) is 5.72. The molecule has 2 aromatic carbocycles. The Labute approximate surface area is 157 Å². The third-order valence-corrected chi connectivity index (χ3v) is 3.78. The van der Waals surface area contributed by atoms with Crippen LogP contribution in [0.4, 0.5) is 0 Å². The highest BCUT2D eigenvalue weighted by molar-refractivity contribution is 5.91. The fourth-order valence-electron chi connectivity index (χ4n) is 2.42. The molecule has 0 saturated carbocycles. The van der Waals surface area contributed by atoms with E-state index < -0.39 is 5.97 Å². The van der Waals surface area contributed by atoms with E-state index in [2.05, 4.69) is 5.32 Å². The van der Waals surface area contributed by atoms with Crippen molar-refractivity contribution in [2.45, 2.75) is 0 Å². The van der Waals surface area contributed by atoms with E-state index in [0.29, 0.717) is 18.7 Å². The summed E-state index contributed by atoms with van der Waals surface area (Å²) in [6.45, 7) is 0.338. The summed E-state index contributed by atoms with van der Waals surface area (Å²) in [5.74, 6) is -0.171. The first-order valence-corrected chi connectivity index (χ1v) is 8.57. The van der Waals surface area contributed by atoms with Crippen molar-refractivity contribution in [1.29, 1.82) is 0 Å². The van der Waals surface area contributed by atoms with Crippen molar-refractivity contribution in [3.05, 3.63) is 84.7 Å². The Balaban J connectivity index is 1.37. The molecule has 0 aliphatic rings. The van der Waals surface area contributed by atoms with Crippen molar-refractivity contribution in [1.82, 2.24) is 9.88 Å². The number of benzene rings is 2. The first kappa shape index (κ1) is 18.3. The lowest BCUT2D eigenvalue weighted by Gasteiger charge is -2.09. The van der Waals surface area contributed by atoms with E-state index in [1.165, 1.54) is 0 Å². The van der Waals surface area contributed by atoms with E-state index >= 15 is 0 Å². The molecule has 27 heavy (non-hydrogen) atoms. The van der Waals surface area contributed by atoms with Crippen LogP contribution in [0.5, 0.6) is 5.75 Å². The van der Waals surface area contributed by atoms with Crippen LogP contribution in [0.15, 0.2) is 79.1 Å². The molecular formula is C21H20N2O4. The summed E-state index contributed by atoms with van der Waals surface area (Å²) in [5, 5.41) is 2.64. The molecule has 0 radical (unpaired) electrons. The molecule has 0 fully saturated rings. The van der Waals surface area contributed by atoms with E-state index in [0.717, 1.165) is 11.4 Å². The lowest BCUT2D eigenvalue weighted by Crippen LogP contribution is -2.32. The van der Waals surface area contributed by atoms with Crippen LogP contribution in [0, 0.1) is 0 Å². The average Bonchev–Trinajstić information content (AvgIpc) is 3.25. The highest BCUT2D eigenvalue weighted by Crippen LogP contribution is 2.11. The minimum Gasteiger partial charge on any atom is -0.492 e. The second kappa shape index (κ2) is 9.24. The van der Waals surface area contributed by atoms with Gasteiger partial charge in [0.15, 0.2) is 6.61 Å². The zero-order valence-electron chi connectivity index (χ0n) is 14.7. The molecule has 1 amide bonds. The van der Waals surface area contributed by atoms with E-state index in [1.807, 2.05) is 71.6 Å². The summed E-state index contributed by atoms with van der Waals surface area (Å²) in [6.07, 6.45) is 3.83. The number of ether oxygens (including phenoxy) is 2. The molecule has 138 valence electrons. The molecule has 6 heteroatoms. The maximum Gasteiger partial charge on any atom is 0.338 e. The molecule has 0 atom stereocenters. The summed E-state index contributed by atoms with van der Waals surface area (Å²) in [4.78, 5) is 23.8. The molecule has 0 bridgehead atoms. The molecule has 6 nitrogen and oxygen atoms in total. The van der Waals surface area contributed by atoms with Gasteiger partial charge in [-0.25, -0.2) is 4.79 Å². The monoisotopic (exact) mass is 364 g/mol. The highest BCUT2D eigenvalue weighted by atomic mass is 16.5. The van der Waals surface area contributed by atoms with Crippen LogP contribution in [-0.4, -0.2) is 36.2 Å². The first-order valence-electron chi connectivity index (χ1n) is 8.57. The zero-order chi connectivity index (χ0) is 18.9. The predicted molar refractivity (Wildman–Crippen MR) is 101 cm³/mol. The number of nitrogens with one attached hydrogen (secondary N) is 1. The van der Waals surface area contributed by atoms with Crippen LogP contribution in [-0.2, 0) is 9.53 Å². The lowest BCUT2D eigenvalue weighted by molar-refractivity contribution is -0.124. The van der Waals surface area contributed by atoms with E-state index in [9.17, 15) is 9.59 Å². The topological polar surface area (TPSA) is 69.6 Å². The molecule has 1 heterocycles. The molecule has 1 aromatic heterocycles. The number of nitrogens with zero attached hydrogens (tertiary/aromatic N) is 1. The molecule has 1 N–H and O–H groups in total. The summed E-state index contributed by atoms with van der Waals surface area (Å²) in [6, 6.07) is 20.1. The number of amides is 1. The Morgan fingerprint density at radius 3 is 2.30 bits per heavy atom. The molecule has 0 unspecified atom stereocenters. The van der Waals surface area contributed by atoms with Gasteiger partial charge >= 0.3 is 5.97 Å². The summed E-state index contributed by atoms with van der Waals surface area (Å²) >= 11 is 0. The van der Waals surface area contributed by atoms with Crippen LogP contribution >= 0.6 is 0 Å². The van der Waals surface area contributed by atoms with Gasteiger partial charge in [0.1, 0.15) is 12.4 Å². The number of hydrogen-bond donors (Lipinski definition) is 1. The van der Waals surface area contributed by atoms with Gasteiger partial charge in [0.2, 0.25) is 0 Å². The standard InChI is InChI=1S/C21H20N2O4/c24-20(22-12-15-26-19-6-2-1-3-7-19)16-27-21(25)17-8-10-18(11-9-17)23-13-4-5-14-23/h1-11,13-14H,12,15-16H2,(H,22,24). The Bertz CT molecular complexity index is 859. The fourth-order valence-corrected chi connectivity index (χ4v) is 2.42. The third-order valence-electron chi connectivity index (χ3n) is 3.78. The smallest absolute Gasteiger partial charge is 0.338 e. The van der Waals surface area contributed by atoms with Gasteiger partial charge in [0, 0.05) is 18.1 Å². The molecule has 0 saturated heterocycles. The van der Waals surface area contributed by atoms with Crippen molar-refractivity contribution in [3.8, 4) is 11.4 Å². The fraction of sp³-hybridized carbons (Fsp3) is 0.143. The van der Waals surface area contributed by atoms with Gasteiger partial charge in [0.25, 0.3) is 5.91 Å². The van der Waals surface area contributed by atoms with Crippen molar-refractivity contribution in [3.63, 3.8) is 0 Å². The molecule has 3 rings (SSSR count). The van der Waals surface area contributed by atoms with Gasteiger partial charge in [-0.1, -0.05) is 18.2 Å². The highest BCUT2D eigenvalue weighted by Gasteiger charge is 2.10. The van der Waals surface area contributed by atoms with E-state index in [4.69, 9.17) is 9.47 Å². The summed E-state index contributed by atoms with van der Waals surface area (Å²) in [7, 11) is 0. The van der Waals surface area contributed by atoms with Crippen LogP contribution in [0.3, 0.4) is 0 Å². The van der Waals surface area contributed by atoms with Crippen LogP contribution in [0.2, 0.25) is 0 Å². The molecule has 3 aromatic rings. The SMILES string of the molecule is O=C(COC(=O)c1ccc(-n2cccc2)cc1)NCCOc1ccccc1. The van der Waals surface area contributed by atoms with Crippen molar-refractivity contribution in [2.24, 2.45) is 0 Å². The average molecular weight is 364 g/mol. The molecule has 0 spiro atoms. The van der Waals surface area contributed by atoms with E-state index in [1.54, 1.807) is 12.1 Å². The second-order valence-corrected chi connectivity index (χ2v) is 5.72. The van der Waals surface area contributed by atoms with Crippen LogP contribution < -0.4 is 10.1 Å². The quantitative estimate of drug-likeness (QED) is 0.493. The van der Waals surface area contributed by atoms with Gasteiger partial charge < -0.3 is 19.4 Å². The minimum atomic E-state index is -0.537. The zero-order valence-corrected chi connectivity index (χ0v) is 14.7. The van der Waals surface area contributed by atoms with E-state index in [-0.39, 0.29) is 12.5 Å². The lowest BCUT2D eigenvalue weighted by atomic mass is 10.2. The Morgan fingerprint density at radius 2 is 1.59 bits per heavy atom. The molecule has 0 aliphatic heterocycles. The number of rotatable bonds is 8. The molecule has 0 aliphatic carbocycles. The maximum absolute atomic E-state index is 12.0.